The first-order valence-corrected chi connectivity index (χ1v) is 8.72. The fourth-order valence-electron chi connectivity index (χ4n) is 3.10. The summed E-state index contributed by atoms with van der Waals surface area (Å²) in [5, 5.41) is 3.81. The molecule has 0 atom stereocenters. The van der Waals surface area contributed by atoms with E-state index in [1.807, 2.05) is 38.8 Å². The van der Waals surface area contributed by atoms with Gasteiger partial charge in [-0.2, -0.15) is 0 Å². The zero-order chi connectivity index (χ0) is 18.7. The van der Waals surface area contributed by atoms with E-state index in [0.29, 0.717) is 18.0 Å². The van der Waals surface area contributed by atoms with Gasteiger partial charge in [0.1, 0.15) is 5.58 Å². The first-order chi connectivity index (χ1) is 11.7. The Balaban J connectivity index is 2.35. The van der Waals surface area contributed by atoms with E-state index in [0.717, 1.165) is 16.5 Å². The molecule has 1 aromatic heterocycles. The van der Waals surface area contributed by atoms with E-state index in [2.05, 4.69) is 25.2 Å². The number of nitrogens with zero attached hydrogens (tertiary/aromatic N) is 1. The van der Waals surface area contributed by atoms with E-state index < -0.39 is 0 Å². The van der Waals surface area contributed by atoms with Crippen molar-refractivity contribution in [2.45, 2.75) is 53.1 Å². The number of carbonyl (C=O) groups excluding carboxylic acids is 1. The van der Waals surface area contributed by atoms with Crippen LogP contribution in [0.5, 0.6) is 0 Å². The normalized spacial score (nSPS) is 11.7. The minimum atomic E-state index is -0.362. The van der Waals surface area contributed by atoms with Crippen molar-refractivity contribution in [3.8, 4) is 0 Å². The first-order valence-electron chi connectivity index (χ1n) is 8.72. The fourth-order valence-corrected chi connectivity index (χ4v) is 3.10. The summed E-state index contributed by atoms with van der Waals surface area (Å²) >= 11 is 0. The van der Waals surface area contributed by atoms with Crippen molar-refractivity contribution >= 4 is 16.9 Å². The fraction of sp³-hybridized carbons (Fsp3) is 0.500. The molecule has 0 fully saturated rings. The molecule has 0 spiro atoms. The Morgan fingerprint density at radius 2 is 1.88 bits per heavy atom. The van der Waals surface area contributed by atoms with Gasteiger partial charge < -0.3 is 9.73 Å². The molecule has 0 bridgehead atoms. The van der Waals surface area contributed by atoms with Crippen LogP contribution >= 0.6 is 0 Å². The molecule has 136 valence electrons. The lowest BCUT2D eigenvalue weighted by molar-refractivity contribution is -0.122. The van der Waals surface area contributed by atoms with E-state index in [1.54, 1.807) is 0 Å². The van der Waals surface area contributed by atoms with Crippen LogP contribution in [0.3, 0.4) is 0 Å². The predicted molar refractivity (Wildman–Crippen MR) is 101 cm³/mol. The molecule has 0 aliphatic carbocycles. The van der Waals surface area contributed by atoms with Crippen LogP contribution in [0.25, 0.3) is 11.0 Å². The molecule has 5 heteroatoms. The Hall–Kier alpha value is -2.14. The minimum absolute atomic E-state index is 0.0246. The largest absolute Gasteiger partial charge is 0.423 e. The lowest BCUT2D eigenvalue weighted by atomic mass is 9.95. The predicted octanol–water partition coefficient (Wildman–Crippen LogP) is 3.18. The lowest BCUT2D eigenvalue weighted by Gasteiger charge is -2.19. The number of amides is 1. The van der Waals surface area contributed by atoms with Crippen LogP contribution in [-0.2, 0) is 11.3 Å². The molecule has 0 saturated heterocycles. The second-order valence-electron chi connectivity index (χ2n) is 7.34. The van der Waals surface area contributed by atoms with Crippen LogP contribution in [0.2, 0.25) is 0 Å². The monoisotopic (exact) mass is 344 g/mol. The smallest absolute Gasteiger partial charge is 0.336 e. The van der Waals surface area contributed by atoms with E-state index >= 15 is 0 Å². The highest BCUT2D eigenvalue weighted by Gasteiger charge is 2.14. The highest BCUT2D eigenvalue weighted by atomic mass is 16.4. The Morgan fingerprint density at radius 1 is 1.20 bits per heavy atom. The van der Waals surface area contributed by atoms with Gasteiger partial charge in [-0.05, 0) is 62.6 Å². The third-order valence-electron chi connectivity index (χ3n) is 4.14. The van der Waals surface area contributed by atoms with Gasteiger partial charge in [0.2, 0.25) is 5.91 Å². The highest BCUT2D eigenvalue weighted by molar-refractivity contribution is 5.82. The van der Waals surface area contributed by atoms with Crippen LogP contribution in [0.1, 0.15) is 50.3 Å². The molecule has 1 heterocycles. The van der Waals surface area contributed by atoms with Crippen molar-refractivity contribution in [2.24, 2.45) is 0 Å². The third kappa shape index (κ3) is 4.92. The first kappa shape index (κ1) is 19.2. The number of aryl methyl sites for hydroxylation is 1. The Bertz CT molecular complexity index is 822. The zero-order valence-electron chi connectivity index (χ0n) is 16.0. The number of fused-ring (bicyclic) bond motifs is 1. The van der Waals surface area contributed by atoms with Gasteiger partial charge in [-0.15, -0.1) is 0 Å². The van der Waals surface area contributed by atoms with Gasteiger partial charge in [0.25, 0.3) is 0 Å². The van der Waals surface area contributed by atoms with E-state index in [-0.39, 0.29) is 24.1 Å². The summed E-state index contributed by atoms with van der Waals surface area (Å²) in [4.78, 5) is 25.8. The third-order valence-corrected chi connectivity index (χ3v) is 4.14. The standard InChI is InChI=1S/C20H28N2O3/c1-12(2)16-9-17-15(8-20(24)25-18(17)7-14(16)5)10-22(6)11-19(23)21-13(3)4/h7-9,12-13H,10-11H2,1-6H3,(H,21,23). The van der Waals surface area contributed by atoms with Gasteiger partial charge in [0.15, 0.2) is 0 Å². The Morgan fingerprint density at radius 3 is 2.48 bits per heavy atom. The molecule has 2 rings (SSSR count). The highest BCUT2D eigenvalue weighted by Crippen LogP contribution is 2.27. The van der Waals surface area contributed by atoms with Crippen molar-refractivity contribution in [2.75, 3.05) is 13.6 Å². The maximum absolute atomic E-state index is 11.9. The van der Waals surface area contributed by atoms with E-state index in [1.165, 1.54) is 11.6 Å². The van der Waals surface area contributed by atoms with Crippen molar-refractivity contribution < 1.29 is 9.21 Å². The summed E-state index contributed by atoms with van der Waals surface area (Å²) in [6.07, 6.45) is 0. The molecule has 0 saturated carbocycles. The van der Waals surface area contributed by atoms with E-state index in [4.69, 9.17) is 4.42 Å². The molecule has 0 radical (unpaired) electrons. The molecule has 1 N–H and O–H groups in total. The van der Waals surface area contributed by atoms with Gasteiger partial charge in [0, 0.05) is 24.0 Å². The van der Waals surface area contributed by atoms with Crippen LogP contribution in [0.4, 0.5) is 0 Å². The molecule has 1 amide bonds. The lowest BCUT2D eigenvalue weighted by Crippen LogP contribution is -2.38. The second-order valence-corrected chi connectivity index (χ2v) is 7.34. The van der Waals surface area contributed by atoms with Gasteiger partial charge in [-0.25, -0.2) is 4.79 Å². The average molecular weight is 344 g/mol. The van der Waals surface area contributed by atoms with Crippen LogP contribution in [0.15, 0.2) is 27.4 Å². The Kier molecular flexibility index (Phi) is 6.01. The van der Waals surface area contributed by atoms with Gasteiger partial charge in [-0.1, -0.05) is 13.8 Å². The van der Waals surface area contributed by atoms with Crippen molar-refractivity contribution in [3.05, 3.63) is 45.3 Å². The minimum Gasteiger partial charge on any atom is -0.423 e. The molecule has 0 aliphatic heterocycles. The summed E-state index contributed by atoms with van der Waals surface area (Å²) in [7, 11) is 1.87. The molecular formula is C20H28N2O3. The Labute approximate surface area is 149 Å². The van der Waals surface area contributed by atoms with Crippen LogP contribution in [0, 0.1) is 6.92 Å². The van der Waals surface area contributed by atoms with E-state index in [9.17, 15) is 9.59 Å². The molecule has 5 nitrogen and oxygen atoms in total. The number of nitrogens with one attached hydrogen (secondary N) is 1. The number of hydrogen-bond donors (Lipinski definition) is 1. The zero-order valence-corrected chi connectivity index (χ0v) is 16.0. The summed E-state index contributed by atoms with van der Waals surface area (Å²) in [5.41, 5.74) is 3.48. The molecule has 25 heavy (non-hydrogen) atoms. The maximum atomic E-state index is 11.9. The number of hydrogen-bond acceptors (Lipinski definition) is 4. The van der Waals surface area contributed by atoms with Crippen molar-refractivity contribution in [1.82, 2.24) is 10.2 Å². The average Bonchev–Trinajstić information content (AvgIpc) is 2.44. The van der Waals surface area contributed by atoms with Crippen molar-refractivity contribution in [1.29, 1.82) is 0 Å². The number of rotatable bonds is 6. The SMILES string of the molecule is Cc1cc2oc(=O)cc(CN(C)CC(=O)NC(C)C)c2cc1C(C)C. The van der Waals surface area contributed by atoms with Gasteiger partial charge in [-0.3, -0.25) is 9.69 Å². The quantitative estimate of drug-likeness (QED) is 0.818. The van der Waals surface area contributed by atoms with Crippen LogP contribution < -0.4 is 10.9 Å². The number of carbonyl (C=O) groups is 1. The molecule has 1 aromatic carbocycles. The van der Waals surface area contributed by atoms with Crippen molar-refractivity contribution in [3.63, 3.8) is 0 Å². The molecule has 2 aromatic rings. The van der Waals surface area contributed by atoms with Gasteiger partial charge in [0.05, 0.1) is 6.54 Å². The number of benzene rings is 1. The second kappa shape index (κ2) is 7.83. The summed E-state index contributed by atoms with van der Waals surface area (Å²) in [5.74, 6) is 0.363. The maximum Gasteiger partial charge on any atom is 0.336 e. The molecule has 0 unspecified atom stereocenters. The topological polar surface area (TPSA) is 62.6 Å². The van der Waals surface area contributed by atoms with Crippen LogP contribution in [-0.4, -0.2) is 30.4 Å². The summed E-state index contributed by atoms with van der Waals surface area (Å²) in [6, 6.07) is 5.68. The summed E-state index contributed by atoms with van der Waals surface area (Å²) < 4.78 is 5.38. The molecular weight excluding hydrogens is 316 g/mol. The van der Waals surface area contributed by atoms with Gasteiger partial charge >= 0.3 is 5.63 Å². The summed E-state index contributed by atoms with van der Waals surface area (Å²) in [6.45, 7) is 11.0. The number of likely N-dealkylation sites (N-methyl/N-ethyl adjacent to an activating group) is 1. The molecule has 0 aliphatic rings.